The Labute approximate surface area is 84.0 Å². The van der Waals surface area contributed by atoms with Crippen molar-refractivity contribution in [3.05, 3.63) is 0 Å². The highest BCUT2D eigenvalue weighted by atomic mass is 79.9. The highest BCUT2D eigenvalue weighted by Crippen LogP contribution is 2.33. The van der Waals surface area contributed by atoms with Crippen LogP contribution in [-0.4, -0.2) is 17.5 Å². The lowest BCUT2D eigenvalue weighted by Crippen LogP contribution is -2.12. The van der Waals surface area contributed by atoms with E-state index in [9.17, 15) is 0 Å². The summed E-state index contributed by atoms with van der Waals surface area (Å²) in [5, 5.41) is 0. The van der Waals surface area contributed by atoms with E-state index in [1.54, 1.807) is 0 Å². The average Bonchev–Trinajstić information content (AvgIpc) is 2.36. The zero-order valence-electron chi connectivity index (χ0n) is 8.05. The number of ether oxygens (including phenoxy) is 1. The van der Waals surface area contributed by atoms with Crippen LogP contribution >= 0.6 is 15.9 Å². The first-order valence-corrected chi connectivity index (χ1v) is 5.87. The minimum absolute atomic E-state index is 0.389. The van der Waals surface area contributed by atoms with E-state index in [1.807, 2.05) is 0 Å². The lowest BCUT2D eigenvalue weighted by molar-refractivity contribution is 0.0693. The van der Waals surface area contributed by atoms with Gasteiger partial charge in [-0.15, -0.1) is 0 Å². The Morgan fingerprint density at radius 2 is 2.17 bits per heavy atom. The number of hydrogen-bond acceptors (Lipinski definition) is 1. The van der Waals surface area contributed by atoms with Crippen molar-refractivity contribution in [3.63, 3.8) is 0 Å². The van der Waals surface area contributed by atoms with Gasteiger partial charge in [0.1, 0.15) is 0 Å². The molecule has 12 heavy (non-hydrogen) atoms. The molecule has 72 valence electrons. The fourth-order valence-electron chi connectivity index (χ4n) is 1.77. The number of alkyl halides is 1. The molecular weight excluding hydrogens is 216 g/mol. The summed E-state index contributed by atoms with van der Waals surface area (Å²) in [6.07, 6.45) is 5.75. The van der Waals surface area contributed by atoms with Gasteiger partial charge in [-0.3, -0.25) is 0 Å². The molecule has 1 nitrogen and oxygen atoms in total. The maximum Gasteiger partial charge on any atom is 0.0518 e. The lowest BCUT2D eigenvalue weighted by atomic mass is 10.1. The van der Waals surface area contributed by atoms with Crippen LogP contribution in [0.1, 0.15) is 39.5 Å². The second kappa shape index (κ2) is 5.23. The van der Waals surface area contributed by atoms with E-state index in [0.717, 1.165) is 17.4 Å². The zero-order valence-corrected chi connectivity index (χ0v) is 9.64. The Hall–Kier alpha value is 0.440. The van der Waals surface area contributed by atoms with E-state index in [1.165, 1.54) is 25.7 Å². The monoisotopic (exact) mass is 234 g/mol. The van der Waals surface area contributed by atoms with Gasteiger partial charge in [-0.25, -0.2) is 0 Å². The van der Waals surface area contributed by atoms with E-state index in [4.69, 9.17) is 4.74 Å². The summed E-state index contributed by atoms with van der Waals surface area (Å²) in [5.74, 6) is 0.865. The van der Waals surface area contributed by atoms with Crippen molar-refractivity contribution in [1.29, 1.82) is 0 Å². The Morgan fingerprint density at radius 1 is 1.42 bits per heavy atom. The standard InChI is InChI=1S/C10H19BrO/c1-8(2)12-7-6-9-4-3-5-10(9)11/h8-10H,3-7H2,1-2H3. The summed E-state index contributed by atoms with van der Waals surface area (Å²) in [4.78, 5) is 0.758. The molecule has 0 saturated heterocycles. The molecule has 1 rings (SSSR count). The van der Waals surface area contributed by atoms with Crippen molar-refractivity contribution in [3.8, 4) is 0 Å². The van der Waals surface area contributed by atoms with Crippen LogP contribution in [0.2, 0.25) is 0 Å². The molecule has 0 aliphatic heterocycles. The molecule has 1 aliphatic carbocycles. The molecule has 0 heterocycles. The van der Waals surface area contributed by atoms with Gasteiger partial charge in [-0.05, 0) is 39.0 Å². The molecule has 1 fully saturated rings. The summed E-state index contributed by atoms with van der Waals surface area (Å²) >= 11 is 3.72. The van der Waals surface area contributed by atoms with Gasteiger partial charge in [-0.2, -0.15) is 0 Å². The van der Waals surface area contributed by atoms with Crippen molar-refractivity contribution < 1.29 is 4.74 Å². The molecular formula is C10H19BrO. The molecule has 0 radical (unpaired) electrons. The third kappa shape index (κ3) is 3.44. The van der Waals surface area contributed by atoms with Crippen molar-refractivity contribution >= 4 is 15.9 Å². The highest BCUT2D eigenvalue weighted by molar-refractivity contribution is 9.09. The average molecular weight is 235 g/mol. The number of rotatable bonds is 4. The topological polar surface area (TPSA) is 9.23 Å². The molecule has 2 atom stereocenters. The Morgan fingerprint density at radius 3 is 2.67 bits per heavy atom. The van der Waals surface area contributed by atoms with Gasteiger partial charge in [0, 0.05) is 11.4 Å². The summed E-state index contributed by atoms with van der Waals surface area (Å²) in [5.41, 5.74) is 0. The molecule has 0 aromatic carbocycles. The Kier molecular flexibility index (Phi) is 4.59. The maximum atomic E-state index is 5.53. The van der Waals surface area contributed by atoms with Crippen LogP contribution in [0.5, 0.6) is 0 Å². The van der Waals surface area contributed by atoms with Crippen LogP contribution in [0.25, 0.3) is 0 Å². The molecule has 1 saturated carbocycles. The highest BCUT2D eigenvalue weighted by Gasteiger charge is 2.24. The maximum absolute atomic E-state index is 5.53. The van der Waals surface area contributed by atoms with Crippen LogP contribution in [0.15, 0.2) is 0 Å². The predicted molar refractivity (Wildman–Crippen MR) is 55.8 cm³/mol. The van der Waals surface area contributed by atoms with Gasteiger partial charge in [-0.1, -0.05) is 22.4 Å². The summed E-state index contributed by atoms with van der Waals surface area (Å²) in [6.45, 7) is 5.13. The Bertz CT molecular complexity index is 125. The molecule has 2 heteroatoms. The summed E-state index contributed by atoms with van der Waals surface area (Å²) in [7, 11) is 0. The van der Waals surface area contributed by atoms with E-state index < -0.39 is 0 Å². The van der Waals surface area contributed by atoms with E-state index in [2.05, 4.69) is 29.8 Å². The molecule has 0 amide bonds. The van der Waals surface area contributed by atoms with Crippen molar-refractivity contribution in [2.75, 3.05) is 6.61 Å². The smallest absolute Gasteiger partial charge is 0.0518 e. The molecule has 1 aliphatic rings. The molecule has 0 aromatic heterocycles. The van der Waals surface area contributed by atoms with Crippen molar-refractivity contribution in [2.45, 2.75) is 50.5 Å². The molecule has 0 bridgehead atoms. The normalized spacial score (nSPS) is 30.0. The molecule has 2 unspecified atom stereocenters. The van der Waals surface area contributed by atoms with E-state index in [-0.39, 0.29) is 0 Å². The summed E-state index contributed by atoms with van der Waals surface area (Å²) < 4.78 is 5.53. The quantitative estimate of drug-likeness (QED) is 0.679. The van der Waals surface area contributed by atoms with Crippen LogP contribution in [0.3, 0.4) is 0 Å². The second-order valence-corrected chi connectivity index (χ2v) is 5.09. The van der Waals surface area contributed by atoms with Gasteiger partial charge in [0.05, 0.1) is 6.10 Å². The fourth-order valence-corrected chi connectivity index (χ4v) is 2.62. The van der Waals surface area contributed by atoms with Crippen LogP contribution < -0.4 is 0 Å². The first-order chi connectivity index (χ1) is 5.70. The lowest BCUT2D eigenvalue weighted by Gasteiger charge is -2.14. The fraction of sp³-hybridized carbons (Fsp3) is 1.00. The molecule has 0 aromatic rings. The van der Waals surface area contributed by atoms with E-state index in [0.29, 0.717) is 6.10 Å². The first kappa shape index (κ1) is 10.5. The van der Waals surface area contributed by atoms with Gasteiger partial charge in [0.25, 0.3) is 0 Å². The SMILES string of the molecule is CC(C)OCCC1CCCC1Br. The van der Waals surface area contributed by atoms with Gasteiger partial charge in [0.15, 0.2) is 0 Å². The zero-order chi connectivity index (χ0) is 8.97. The number of halogens is 1. The first-order valence-electron chi connectivity index (χ1n) is 4.96. The minimum Gasteiger partial charge on any atom is -0.379 e. The van der Waals surface area contributed by atoms with Gasteiger partial charge < -0.3 is 4.74 Å². The summed E-state index contributed by atoms with van der Waals surface area (Å²) in [6, 6.07) is 0. The van der Waals surface area contributed by atoms with Crippen molar-refractivity contribution in [2.24, 2.45) is 5.92 Å². The largest absolute Gasteiger partial charge is 0.379 e. The number of hydrogen-bond donors (Lipinski definition) is 0. The van der Waals surface area contributed by atoms with Gasteiger partial charge in [0.2, 0.25) is 0 Å². The van der Waals surface area contributed by atoms with Gasteiger partial charge >= 0.3 is 0 Å². The second-order valence-electron chi connectivity index (χ2n) is 3.92. The van der Waals surface area contributed by atoms with Crippen LogP contribution in [-0.2, 0) is 4.74 Å². The molecule has 0 N–H and O–H groups in total. The van der Waals surface area contributed by atoms with Crippen molar-refractivity contribution in [1.82, 2.24) is 0 Å². The third-order valence-corrected chi connectivity index (χ3v) is 3.71. The molecule has 0 spiro atoms. The van der Waals surface area contributed by atoms with Crippen LogP contribution in [0.4, 0.5) is 0 Å². The third-order valence-electron chi connectivity index (χ3n) is 2.51. The predicted octanol–water partition coefficient (Wildman–Crippen LogP) is 3.37. The van der Waals surface area contributed by atoms with E-state index >= 15 is 0 Å². The minimum atomic E-state index is 0.389. The Balaban J connectivity index is 2.06. The van der Waals surface area contributed by atoms with Crippen LogP contribution in [0, 0.1) is 5.92 Å².